The Morgan fingerprint density at radius 2 is 1.72 bits per heavy atom. The van der Waals surface area contributed by atoms with E-state index in [-0.39, 0.29) is 11.7 Å². The first-order valence-corrected chi connectivity index (χ1v) is 15.5. The molecular weight excluding hydrogens is 595 g/mol. The van der Waals surface area contributed by atoms with Crippen LogP contribution in [0.15, 0.2) is 23.1 Å². The minimum absolute atomic E-state index is 0.140. The zero-order valence-electron chi connectivity index (χ0n) is 24.5. The van der Waals surface area contributed by atoms with E-state index in [9.17, 15) is 22.0 Å². The smallest absolute Gasteiger partial charge is 0.260 e. The topological polar surface area (TPSA) is 109 Å². The van der Waals surface area contributed by atoms with E-state index in [1.165, 1.54) is 21.6 Å². The molecule has 1 aromatic carbocycles. The van der Waals surface area contributed by atoms with E-state index in [0.29, 0.717) is 30.4 Å². The lowest BCUT2D eigenvalue weighted by atomic mass is 9.91. The molecule has 9 nitrogen and oxygen atoms in total. The van der Waals surface area contributed by atoms with Gasteiger partial charge in [-0.05, 0) is 72.7 Å². The fourth-order valence-electron chi connectivity index (χ4n) is 5.19. The molecule has 15 heteroatoms. The van der Waals surface area contributed by atoms with Crippen LogP contribution in [-0.4, -0.2) is 65.7 Å². The molecule has 0 aliphatic heterocycles. The van der Waals surface area contributed by atoms with Crippen LogP contribution >= 0.6 is 0 Å². The quantitative estimate of drug-likeness (QED) is 0.224. The summed E-state index contributed by atoms with van der Waals surface area (Å²) in [6.07, 6.45) is 4.14. The Kier molecular flexibility index (Phi) is 9.35. The number of nitrogens with one attached hydrogen (secondary N) is 2. The Bertz CT molecular complexity index is 1670. The summed E-state index contributed by atoms with van der Waals surface area (Å²) in [6, 6.07) is 1.85. The zero-order chi connectivity index (χ0) is 31.9. The highest BCUT2D eigenvalue weighted by Crippen LogP contribution is 2.33. The van der Waals surface area contributed by atoms with Gasteiger partial charge in [0.25, 0.3) is 5.56 Å². The second kappa shape index (κ2) is 12.3. The second-order valence-corrected chi connectivity index (χ2v) is 13.4. The third kappa shape index (κ3) is 7.43. The van der Waals surface area contributed by atoms with Gasteiger partial charge < -0.3 is 10.2 Å². The van der Waals surface area contributed by atoms with E-state index >= 15 is 13.2 Å². The number of rotatable bonds is 10. The van der Waals surface area contributed by atoms with Crippen molar-refractivity contribution in [1.82, 2.24) is 19.4 Å². The molecule has 0 radical (unpaired) electrons. The largest absolute Gasteiger partial charge is 0.351 e. The monoisotopic (exact) mass is 630 g/mol. The van der Waals surface area contributed by atoms with Crippen molar-refractivity contribution in [3.05, 3.63) is 46.1 Å². The van der Waals surface area contributed by atoms with Crippen molar-refractivity contribution in [1.29, 1.82) is 0 Å². The minimum Gasteiger partial charge on any atom is -0.351 e. The summed E-state index contributed by atoms with van der Waals surface area (Å²) in [5.74, 6) is -9.34. The summed E-state index contributed by atoms with van der Waals surface area (Å²) >= 11 is 0. The minimum atomic E-state index is -4.65. The Morgan fingerprint density at radius 3 is 2.30 bits per heavy atom. The number of aromatic nitrogens is 3. The Morgan fingerprint density at radius 1 is 1.07 bits per heavy atom. The molecule has 1 fully saturated rings. The molecule has 0 unspecified atom stereocenters. The van der Waals surface area contributed by atoms with Gasteiger partial charge in [-0.1, -0.05) is 0 Å². The maximum absolute atomic E-state index is 15.3. The van der Waals surface area contributed by atoms with Crippen LogP contribution in [0.25, 0.3) is 22.2 Å². The van der Waals surface area contributed by atoms with E-state index in [1.54, 1.807) is 13.8 Å². The molecule has 1 saturated carbocycles. The average Bonchev–Trinajstić information content (AvgIpc) is 2.91. The van der Waals surface area contributed by atoms with Gasteiger partial charge in [0.1, 0.15) is 11.3 Å². The van der Waals surface area contributed by atoms with E-state index < -0.39 is 74.0 Å². The first kappa shape index (κ1) is 32.6. The lowest BCUT2D eigenvalue weighted by Crippen LogP contribution is -2.36. The fourth-order valence-corrected chi connectivity index (χ4v) is 6.41. The summed E-state index contributed by atoms with van der Waals surface area (Å²) in [4.78, 5) is 24.7. The van der Waals surface area contributed by atoms with Gasteiger partial charge in [-0.15, -0.1) is 0 Å². The lowest BCUT2D eigenvalue weighted by Gasteiger charge is -2.33. The van der Waals surface area contributed by atoms with Gasteiger partial charge in [-0.2, -0.15) is 4.98 Å². The van der Waals surface area contributed by atoms with Gasteiger partial charge in [-0.25, -0.2) is 35.4 Å². The molecular formula is C28H35F5N6O3S. The Hall–Kier alpha value is -3.33. The highest BCUT2D eigenvalue weighted by molar-refractivity contribution is 7.92. The molecule has 2 N–H and O–H groups in total. The fraction of sp³-hybridized carbons (Fsp3) is 0.536. The van der Waals surface area contributed by atoms with Crippen LogP contribution in [0.5, 0.6) is 0 Å². The van der Waals surface area contributed by atoms with E-state index in [4.69, 9.17) is 0 Å². The average molecular weight is 631 g/mol. The molecule has 2 heterocycles. The molecule has 0 atom stereocenters. The van der Waals surface area contributed by atoms with Crippen LogP contribution < -0.4 is 15.6 Å². The molecule has 236 valence electrons. The first-order valence-electron chi connectivity index (χ1n) is 13.9. The van der Waals surface area contributed by atoms with Crippen LogP contribution in [0.2, 0.25) is 0 Å². The van der Waals surface area contributed by atoms with E-state index in [1.807, 2.05) is 0 Å². The highest BCUT2D eigenvalue weighted by Gasteiger charge is 2.29. The van der Waals surface area contributed by atoms with Gasteiger partial charge in [-0.3, -0.25) is 14.1 Å². The van der Waals surface area contributed by atoms with Crippen molar-refractivity contribution in [2.45, 2.75) is 76.9 Å². The van der Waals surface area contributed by atoms with E-state index in [0.717, 1.165) is 25.7 Å². The number of sulfonamides is 1. The van der Waals surface area contributed by atoms with E-state index in [2.05, 4.69) is 34.3 Å². The molecule has 0 saturated heterocycles. The number of anilines is 2. The normalized spacial score (nSPS) is 18.0. The van der Waals surface area contributed by atoms with Crippen LogP contribution in [0, 0.1) is 17.5 Å². The summed E-state index contributed by atoms with van der Waals surface area (Å²) in [5.41, 5.74) is -3.07. The predicted octanol–water partition coefficient (Wildman–Crippen LogP) is 5.53. The summed E-state index contributed by atoms with van der Waals surface area (Å²) < 4.78 is 98.6. The SMILES string of the molecule is CC(C)n1c(=O)c(-c2cc(F)c(NS(=O)(=O)CCC(C)(F)F)c(F)c2F)cc2cnc(N[C@H]3CC[C@H](N(C)C)CC3)nc21. The molecule has 43 heavy (non-hydrogen) atoms. The Balaban J connectivity index is 1.70. The number of benzene rings is 1. The van der Waals surface area contributed by atoms with Gasteiger partial charge in [0, 0.05) is 41.7 Å². The maximum Gasteiger partial charge on any atom is 0.260 e. The molecule has 2 aromatic heterocycles. The van der Waals surface area contributed by atoms with Crippen molar-refractivity contribution >= 4 is 32.7 Å². The number of hydrogen-bond acceptors (Lipinski definition) is 7. The maximum atomic E-state index is 15.3. The predicted molar refractivity (Wildman–Crippen MR) is 155 cm³/mol. The van der Waals surface area contributed by atoms with Crippen molar-refractivity contribution < 1.29 is 30.4 Å². The molecule has 1 aliphatic rings. The second-order valence-electron chi connectivity index (χ2n) is 11.6. The number of halogens is 5. The van der Waals surface area contributed by atoms with Gasteiger partial charge >= 0.3 is 0 Å². The number of nitrogens with zero attached hydrogens (tertiary/aromatic N) is 4. The van der Waals surface area contributed by atoms with Crippen molar-refractivity contribution in [2.75, 3.05) is 29.9 Å². The summed E-state index contributed by atoms with van der Waals surface area (Å²) in [6.45, 7) is 3.88. The van der Waals surface area contributed by atoms with Crippen molar-refractivity contribution in [2.24, 2.45) is 0 Å². The van der Waals surface area contributed by atoms with Gasteiger partial charge in [0.05, 0.1) is 11.3 Å². The molecule has 0 amide bonds. The third-order valence-electron chi connectivity index (χ3n) is 7.57. The molecule has 0 spiro atoms. The molecule has 1 aliphatic carbocycles. The lowest BCUT2D eigenvalue weighted by molar-refractivity contribution is 0.0189. The van der Waals surface area contributed by atoms with Crippen molar-refractivity contribution in [3.8, 4) is 11.1 Å². The standard InChI is InChI=1S/C28H35F5N6O3S/c1-15(2)39-25-16(14-34-27(36-25)35-17-6-8-18(9-7-17)38(4)5)12-20(26(39)40)19-13-21(29)24(23(31)22(19)30)37-43(41,42)11-10-28(3,32)33/h12-15,17-18,37H,6-11H2,1-5H3,(H,34,35,36)/t17-,18-. The van der Waals surface area contributed by atoms with Gasteiger partial charge in [0.15, 0.2) is 17.5 Å². The van der Waals surface area contributed by atoms with Crippen LogP contribution in [0.4, 0.5) is 33.6 Å². The first-order chi connectivity index (χ1) is 20.0. The summed E-state index contributed by atoms with van der Waals surface area (Å²) in [5, 5.41) is 3.62. The number of hydrogen-bond donors (Lipinski definition) is 2. The highest BCUT2D eigenvalue weighted by atomic mass is 32.2. The number of pyridine rings is 1. The van der Waals surface area contributed by atoms with Gasteiger partial charge in [0.2, 0.25) is 21.9 Å². The molecule has 3 aromatic rings. The van der Waals surface area contributed by atoms with Crippen LogP contribution in [0.1, 0.15) is 58.9 Å². The zero-order valence-corrected chi connectivity index (χ0v) is 25.3. The van der Waals surface area contributed by atoms with Crippen LogP contribution in [0.3, 0.4) is 0 Å². The number of fused-ring (bicyclic) bond motifs is 1. The summed E-state index contributed by atoms with van der Waals surface area (Å²) in [7, 11) is -0.550. The van der Waals surface area contributed by atoms with Crippen molar-refractivity contribution in [3.63, 3.8) is 0 Å². The number of alkyl halides is 2. The molecule has 4 rings (SSSR count). The third-order valence-corrected chi connectivity index (χ3v) is 8.82. The Labute approximate surface area is 246 Å². The molecule has 0 bridgehead atoms. The van der Waals surface area contributed by atoms with Crippen LogP contribution in [-0.2, 0) is 10.0 Å².